The van der Waals surface area contributed by atoms with E-state index in [0.717, 1.165) is 0 Å². The molecule has 0 aliphatic carbocycles. The molecule has 0 bridgehead atoms. The molecule has 13 heteroatoms. The first-order chi connectivity index (χ1) is 16.7. The zero-order chi connectivity index (χ0) is 26.0. The molecule has 10 N–H and O–H groups in total. The van der Waals surface area contributed by atoms with Crippen LogP contribution in [0.5, 0.6) is 0 Å². The number of nitrogens with two attached hydrogens (primary N) is 4. The van der Waals surface area contributed by atoms with Crippen LogP contribution in [0.1, 0.15) is 57.8 Å². The van der Waals surface area contributed by atoms with E-state index in [1.165, 1.54) is 9.80 Å². The van der Waals surface area contributed by atoms with Crippen molar-refractivity contribution >= 4 is 29.7 Å². The Morgan fingerprint density at radius 2 is 1.63 bits per heavy atom. The van der Waals surface area contributed by atoms with Crippen LogP contribution in [0, 0.1) is 0 Å². The molecule has 0 spiro atoms. The van der Waals surface area contributed by atoms with E-state index in [4.69, 9.17) is 22.9 Å². The number of carboxylic acids is 1. The van der Waals surface area contributed by atoms with Crippen LogP contribution in [0.4, 0.5) is 0 Å². The molecule has 0 saturated carbocycles. The van der Waals surface area contributed by atoms with Crippen molar-refractivity contribution in [3.05, 3.63) is 0 Å². The van der Waals surface area contributed by atoms with E-state index in [-0.39, 0.29) is 24.2 Å². The van der Waals surface area contributed by atoms with Crippen molar-refractivity contribution in [1.82, 2.24) is 15.1 Å². The van der Waals surface area contributed by atoms with Gasteiger partial charge in [0.05, 0.1) is 6.04 Å². The molecule has 2 rings (SSSR count). The summed E-state index contributed by atoms with van der Waals surface area (Å²) >= 11 is 0. The molecule has 0 aromatic carbocycles. The van der Waals surface area contributed by atoms with Crippen LogP contribution in [-0.2, 0) is 19.2 Å². The lowest BCUT2D eigenvalue weighted by molar-refractivity contribution is -0.148. The van der Waals surface area contributed by atoms with Gasteiger partial charge in [-0.2, -0.15) is 0 Å². The summed E-state index contributed by atoms with van der Waals surface area (Å²) in [7, 11) is 0. The maximum Gasteiger partial charge on any atom is 0.326 e. The maximum atomic E-state index is 13.4. The predicted octanol–water partition coefficient (Wildman–Crippen LogP) is -1.95. The van der Waals surface area contributed by atoms with Gasteiger partial charge in [-0.3, -0.25) is 19.4 Å². The number of nitrogens with one attached hydrogen (secondary N) is 1. The van der Waals surface area contributed by atoms with Crippen LogP contribution in [0.3, 0.4) is 0 Å². The number of carbonyl (C=O) groups is 4. The predicted molar refractivity (Wildman–Crippen MR) is 130 cm³/mol. The van der Waals surface area contributed by atoms with Crippen molar-refractivity contribution in [3.63, 3.8) is 0 Å². The zero-order valence-electron chi connectivity index (χ0n) is 20.2. The Bertz CT molecular complexity index is 788. The second kappa shape index (κ2) is 13.8. The minimum atomic E-state index is -1.12. The quantitative estimate of drug-likeness (QED) is 0.0945. The largest absolute Gasteiger partial charge is 0.480 e. The van der Waals surface area contributed by atoms with Gasteiger partial charge in [0.2, 0.25) is 17.7 Å². The molecule has 4 unspecified atom stereocenters. The van der Waals surface area contributed by atoms with Gasteiger partial charge < -0.3 is 43.2 Å². The monoisotopic (exact) mass is 496 g/mol. The summed E-state index contributed by atoms with van der Waals surface area (Å²) in [5, 5.41) is 12.0. The lowest BCUT2D eigenvalue weighted by Gasteiger charge is -2.32. The lowest BCUT2D eigenvalue weighted by atomic mass is 10.1. The first-order valence-electron chi connectivity index (χ1n) is 12.3. The number of hydrogen-bond acceptors (Lipinski definition) is 7. The van der Waals surface area contributed by atoms with Crippen molar-refractivity contribution in [2.24, 2.45) is 27.9 Å². The van der Waals surface area contributed by atoms with Gasteiger partial charge in [0.15, 0.2) is 5.96 Å². The summed E-state index contributed by atoms with van der Waals surface area (Å²) in [6.07, 6.45) is 4.64. The molecule has 4 atom stereocenters. The van der Waals surface area contributed by atoms with E-state index in [0.29, 0.717) is 77.5 Å². The third-order valence-electron chi connectivity index (χ3n) is 6.51. The van der Waals surface area contributed by atoms with Crippen LogP contribution in [0.2, 0.25) is 0 Å². The number of hydrogen-bond donors (Lipinski definition) is 6. The van der Waals surface area contributed by atoms with Gasteiger partial charge in [-0.05, 0) is 64.3 Å². The molecular weight excluding hydrogens is 456 g/mol. The molecule has 0 radical (unpaired) electrons. The van der Waals surface area contributed by atoms with E-state index in [2.05, 4.69) is 10.3 Å². The number of carbonyl (C=O) groups excluding carboxylic acids is 3. The first-order valence-corrected chi connectivity index (χ1v) is 12.3. The number of likely N-dealkylation sites (tertiary alicyclic amines) is 2. The molecule has 2 aliphatic heterocycles. The van der Waals surface area contributed by atoms with E-state index in [1.54, 1.807) is 0 Å². The Labute approximate surface area is 205 Å². The number of aliphatic imine (C=N–C) groups is 1. The summed E-state index contributed by atoms with van der Waals surface area (Å²) in [4.78, 5) is 57.7. The van der Waals surface area contributed by atoms with Gasteiger partial charge in [0.25, 0.3) is 0 Å². The van der Waals surface area contributed by atoms with Crippen LogP contribution >= 0.6 is 0 Å². The molecule has 35 heavy (non-hydrogen) atoms. The van der Waals surface area contributed by atoms with E-state index in [1.807, 2.05) is 0 Å². The molecular formula is C22H40N8O5. The zero-order valence-corrected chi connectivity index (χ0v) is 20.2. The van der Waals surface area contributed by atoms with Gasteiger partial charge in [-0.15, -0.1) is 0 Å². The smallest absolute Gasteiger partial charge is 0.326 e. The second-order valence-electron chi connectivity index (χ2n) is 9.12. The van der Waals surface area contributed by atoms with Gasteiger partial charge in [0, 0.05) is 19.6 Å². The van der Waals surface area contributed by atoms with Gasteiger partial charge >= 0.3 is 5.97 Å². The number of aliphatic carboxylic acids is 1. The Morgan fingerprint density at radius 3 is 2.26 bits per heavy atom. The lowest BCUT2D eigenvalue weighted by Crippen LogP contribution is -2.56. The van der Waals surface area contributed by atoms with E-state index in [9.17, 15) is 24.3 Å². The molecule has 2 aliphatic rings. The molecule has 13 nitrogen and oxygen atoms in total. The van der Waals surface area contributed by atoms with Crippen LogP contribution < -0.4 is 28.3 Å². The van der Waals surface area contributed by atoms with Crippen molar-refractivity contribution < 1.29 is 24.3 Å². The Kier molecular flexibility index (Phi) is 11.2. The van der Waals surface area contributed by atoms with Crippen LogP contribution in [0.25, 0.3) is 0 Å². The van der Waals surface area contributed by atoms with Gasteiger partial charge in [0.1, 0.15) is 18.1 Å². The second-order valence-corrected chi connectivity index (χ2v) is 9.12. The van der Waals surface area contributed by atoms with Gasteiger partial charge in [-0.1, -0.05) is 0 Å². The molecule has 0 aromatic heterocycles. The average Bonchev–Trinajstić information content (AvgIpc) is 3.50. The number of rotatable bonds is 13. The normalized spacial score (nSPS) is 21.4. The van der Waals surface area contributed by atoms with Gasteiger partial charge in [-0.25, -0.2) is 4.79 Å². The topological polar surface area (TPSA) is 223 Å². The molecule has 3 amide bonds. The van der Waals surface area contributed by atoms with Crippen LogP contribution in [-0.4, -0.2) is 94.9 Å². The Morgan fingerprint density at radius 1 is 0.971 bits per heavy atom. The van der Waals surface area contributed by atoms with Crippen molar-refractivity contribution in [2.75, 3.05) is 26.2 Å². The first kappa shape index (κ1) is 28.3. The van der Waals surface area contributed by atoms with Crippen molar-refractivity contribution in [3.8, 4) is 0 Å². The summed E-state index contributed by atoms with van der Waals surface area (Å²) in [6.45, 7) is 1.61. The Balaban J connectivity index is 1.99. The van der Waals surface area contributed by atoms with Crippen molar-refractivity contribution in [1.29, 1.82) is 0 Å². The summed E-state index contributed by atoms with van der Waals surface area (Å²) in [5.74, 6) is -2.23. The third kappa shape index (κ3) is 8.06. The maximum absolute atomic E-state index is 13.4. The number of nitrogens with zero attached hydrogens (tertiary/aromatic N) is 3. The Hall–Kier alpha value is -2.93. The number of amides is 3. The van der Waals surface area contributed by atoms with E-state index < -0.39 is 36.0 Å². The highest BCUT2D eigenvalue weighted by Crippen LogP contribution is 2.26. The number of carboxylic acid groups (broad SMARTS) is 1. The highest BCUT2D eigenvalue weighted by Gasteiger charge is 2.43. The summed E-state index contributed by atoms with van der Waals surface area (Å²) in [5.41, 5.74) is 22.1. The summed E-state index contributed by atoms with van der Waals surface area (Å²) < 4.78 is 0. The average molecular weight is 497 g/mol. The highest BCUT2D eigenvalue weighted by molar-refractivity contribution is 5.94. The minimum absolute atomic E-state index is 0.0236. The van der Waals surface area contributed by atoms with E-state index >= 15 is 0 Å². The molecule has 2 saturated heterocycles. The standard InChI is InChI=1S/C22H40N8O5/c23-10-2-1-7-15(21(34)35)28-18(31)16-8-4-12-29(16)20(33)17-9-5-13-30(17)19(32)14(24)6-3-11-27-22(25)26/h14-17H,1-13,23-24H2,(H,28,31)(H,34,35)(H4,25,26,27). The fraction of sp³-hybridized carbons (Fsp3) is 0.773. The number of unbranched alkanes of at least 4 members (excludes halogenated alkanes) is 1. The molecule has 198 valence electrons. The summed E-state index contributed by atoms with van der Waals surface area (Å²) in [6, 6.07) is -3.25. The molecule has 2 fully saturated rings. The molecule has 2 heterocycles. The van der Waals surface area contributed by atoms with Crippen molar-refractivity contribution in [2.45, 2.75) is 82.0 Å². The fourth-order valence-electron chi connectivity index (χ4n) is 4.66. The van der Waals surface area contributed by atoms with Crippen LogP contribution in [0.15, 0.2) is 4.99 Å². The SMILES string of the molecule is NCCCCC(NC(=O)C1CCCN1C(=O)C1CCCN1C(=O)C(N)CCCN=C(N)N)C(=O)O. The third-order valence-corrected chi connectivity index (χ3v) is 6.51. The number of guanidine groups is 1. The molecule has 0 aromatic rings. The highest BCUT2D eigenvalue weighted by atomic mass is 16.4. The fourth-order valence-corrected chi connectivity index (χ4v) is 4.66. The minimum Gasteiger partial charge on any atom is -0.480 e.